The second kappa shape index (κ2) is 88.9. The molecule has 6 N–H and O–H groups in total. The summed E-state index contributed by atoms with van der Waals surface area (Å²) in [5.41, 5.74) is 6.69. The van der Waals surface area contributed by atoms with Crippen LogP contribution in [0.4, 0.5) is 14.4 Å². The summed E-state index contributed by atoms with van der Waals surface area (Å²) >= 11 is 0. The first-order chi connectivity index (χ1) is 57.0. The lowest BCUT2D eigenvalue weighted by Gasteiger charge is -2.21. The average molecular weight is 1690 g/mol. The fourth-order valence-electron chi connectivity index (χ4n) is 9.65. The van der Waals surface area contributed by atoms with Crippen molar-refractivity contribution in [1.82, 2.24) is 14.7 Å². The first kappa shape index (κ1) is 121. The zero-order valence-electron chi connectivity index (χ0n) is 76.9. The molecule has 0 fully saturated rings. The predicted octanol–water partition coefficient (Wildman–Crippen LogP) is 17.9. The Balaban J connectivity index is -0.000000441. The minimum Gasteiger partial charge on any atom is -0.460 e. The normalized spacial score (nSPS) is 10.6. The van der Waals surface area contributed by atoms with Crippen molar-refractivity contribution >= 4 is 42.5 Å². The van der Waals surface area contributed by atoms with Gasteiger partial charge in [0.15, 0.2) is 0 Å². The number of nitrogens with two attached hydrogens (primary N) is 1. The molecule has 0 radical (unpaired) electrons. The lowest BCUT2D eigenvalue weighted by atomic mass is 10.2. The summed E-state index contributed by atoms with van der Waals surface area (Å²) in [4.78, 5) is 84.6. The van der Waals surface area contributed by atoms with Gasteiger partial charge in [0.25, 0.3) is 0 Å². The van der Waals surface area contributed by atoms with Crippen LogP contribution in [-0.4, -0.2) is 233 Å². The lowest BCUT2D eigenvalue weighted by Crippen LogP contribution is -2.33. The molecule has 0 aliphatic rings. The molecule has 26 heteroatoms. The SMILES string of the molecule is CC(C)(C)OC(=O)CCCOCCO.CCC=O.CCCCCCCO.CCCCCCCOCCOCCCC(=O)OC(C)(C)C.CCCCN(CCC)C(=O)OCc1ccccc1.CCCN(CCCO)C(=O)OCc1ccccc1.CCCN(CCCOCCOCCCC(=O)OC(C)(C)C)C(=O)OCc1ccccc1.NCCCO. The minimum atomic E-state index is -0.447. The molecule has 0 aliphatic carbocycles. The molecule has 692 valence electrons. The van der Waals surface area contributed by atoms with E-state index < -0.39 is 16.8 Å². The first-order valence-electron chi connectivity index (χ1n) is 44.0. The van der Waals surface area contributed by atoms with Gasteiger partial charge in [0.2, 0.25) is 0 Å². The van der Waals surface area contributed by atoms with Crippen LogP contribution in [0.5, 0.6) is 0 Å². The molecule has 0 spiro atoms. The van der Waals surface area contributed by atoms with Crippen molar-refractivity contribution in [2.24, 2.45) is 5.73 Å². The van der Waals surface area contributed by atoms with Gasteiger partial charge in [-0.25, -0.2) is 14.4 Å². The van der Waals surface area contributed by atoms with E-state index >= 15 is 0 Å². The number of aliphatic hydroxyl groups excluding tert-OH is 4. The van der Waals surface area contributed by atoms with Crippen LogP contribution < -0.4 is 5.73 Å². The van der Waals surface area contributed by atoms with Crippen LogP contribution in [0.25, 0.3) is 0 Å². The number of hydrogen-bond donors (Lipinski definition) is 5. The first-order valence-corrected chi connectivity index (χ1v) is 44.0. The number of aliphatic hydroxyl groups is 4. The summed E-state index contributed by atoms with van der Waals surface area (Å²) in [7, 11) is 0. The largest absolute Gasteiger partial charge is 0.460 e. The van der Waals surface area contributed by atoms with Gasteiger partial charge >= 0.3 is 36.2 Å². The summed E-state index contributed by atoms with van der Waals surface area (Å²) < 4.78 is 58.5. The summed E-state index contributed by atoms with van der Waals surface area (Å²) in [5, 5.41) is 33.6. The van der Waals surface area contributed by atoms with E-state index in [1.165, 1.54) is 51.4 Å². The number of ether oxygens (including phenoxy) is 11. The average Bonchev–Trinajstić information content (AvgIpc) is 0.928. The quantitative estimate of drug-likeness (QED) is 0.0152. The standard InChI is InChI=1S/C24H39NO6.C17H34O4.C15H23NO2.C14H21NO3.C10H20O4.C7H16O.C3H9NO.C3H6O/c1-5-14-25(23(27)30-20-21-11-7-6-8-12-21)15-10-17-29-19-18-28-16-9-13-22(26)31-24(2,3)4;1-5-6-7-8-9-12-19-14-15-20-13-10-11-16(18)21-17(2,3)4;1-3-5-12-16(11-4-2)15(17)18-13-14-9-7-6-8-10-14;1-2-9-15(10-6-11-16)14(17)18-12-13-7-4-3-5-8-13;1-10(2,3)14-9(12)5-4-7-13-8-6-11;1-2-3-4-5-6-7-8;4-2-1-3-5;1-2-3-4/h6-8,11-12H,5,9-10,13-20H2,1-4H3;5-15H2,1-4H3;6-10H,3-5,11-13H2,1-2H3;3-5,7-8,16H,2,6,9-12H2,1H3;11H,4-8H2,1-3H3;8H,2-7H2,1H3;5H,1-4H2;3H,2H2,1H3. The molecular weight excluding hydrogens is 1530 g/mol. The number of benzene rings is 3. The number of amides is 3. The Labute approximate surface area is 719 Å². The molecule has 0 aromatic heterocycles. The van der Waals surface area contributed by atoms with Gasteiger partial charge in [-0.05, 0) is 163 Å². The van der Waals surface area contributed by atoms with Gasteiger partial charge in [0.1, 0.15) is 42.9 Å². The number of esters is 3. The Morgan fingerprint density at radius 1 is 0.319 bits per heavy atom. The van der Waals surface area contributed by atoms with E-state index in [0.29, 0.717) is 163 Å². The molecule has 0 bridgehead atoms. The van der Waals surface area contributed by atoms with Crippen LogP contribution in [0.3, 0.4) is 0 Å². The Hall–Kier alpha value is -6.85. The van der Waals surface area contributed by atoms with Crippen molar-refractivity contribution in [2.75, 3.05) is 138 Å². The van der Waals surface area contributed by atoms with Crippen LogP contribution in [0, 0.1) is 0 Å². The van der Waals surface area contributed by atoms with E-state index in [9.17, 15) is 33.6 Å². The molecular formula is C93H168N4O22. The van der Waals surface area contributed by atoms with Gasteiger partial charge < -0.3 is 97.8 Å². The van der Waals surface area contributed by atoms with Gasteiger partial charge in [-0.15, -0.1) is 0 Å². The van der Waals surface area contributed by atoms with Crippen molar-refractivity contribution in [2.45, 2.75) is 308 Å². The van der Waals surface area contributed by atoms with Gasteiger partial charge in [-0.1, -0.05) is 197 Å². The van der Waals surface area contributed by atoms with Crippen LogP contribution in [0.15, 0.2) is 91.0 Å². The molecule has 0 unspecified atom stereocenters. The maximum absolute atomic E-state index is 12.3. The number of aldehydes is 1. The lowest BCUT2D eigenvalue weighted by molar-refractivity contribution is -0.156. The third-order valence-electron chi connectivity index (χ3n) is 15.4. The monoisotopic (exact) mass is 1690 g/mol. The highest BCUT2D eigenvalue weighted by atomic mass is 16.6. The van der Waals surface area contributed by atoms with E-state index in [1.54, 1.807) is 14.7 Å². The minimum absolute atomic E-state index is 0.0203. The summed E-state index contributed by atoms with van der Waals surface area (Å²) in [6.45, 7) is 42.9. The van der Waals surface area contributed by atoms with Gasteiger partial charge in [-0.2, -0.15) is 0 Å². The second-order valence-electron chi connectivity index (χ2n) is 30.7. The fourth-order valence-corrected chi connectivity index (χ4v) is 9.65. The zero-order chi connectivity index (χ0) is 90.2. The van der Waals surface area contributed by atoms with E-state index in [1.807, 2.05) is 174 Å². The zero-order valence-corrected chi connectivity index (χ0v) is 76.9. The molecule has 0 saturated heterocycles. The maximum Gasteiger partial charge on any atom is 0.410 e. The molecule has 3 amide bonds. The molecule has 119 heavy (non-hydrogen) atoms. The molecule has 3 aromatic carbocycles. The highest BCUT2D eigenvalue weighted by Gasteiger charge is 2.20. The topological polar surface area (TPSA) is 338 Å². The maximum atomic E-state index is 12.3. The number of unbranched alkanes of at least 4 members (excludes halogenated alkanes) is 9. The van der Waals surface area contributed by atoms with Gasteiger partial charge in [0, 0.05) is 118 Å². The van der Waals surface area contributed by atoms with Crippen molar-refractivity contribution in [3.8, 4) is 0 Å². The smallest absolute Gasteiger partial charge is 0.410 e. The third-order valence-corrected chi connectivity index (χ3v) is 15.4. The summed E-state index contributed by atoms with van der Waals surface area (Å²) in [6, 6.07) is 29.0. The van der Waals surface area contributed by atoms with Crippen molar-refractivity contribution in [1.29, 1.82) is 0 Å². The predicted molar refractivity (Wildman–Crippen MR) is 475 cm³/mol. The van der Waals surface area contributed by atoms with E-state index in [0.717, 1.165) is 100 Å². The Bertz CT molecular complexity index is 2630. The molecule has 0 aliphatic heterocycles. The van der Waals surface area contributed by atoms with Crippen molar-refractivity contribution < 1.29 is 106 Å². The van der Waals surface area contributed by atoms with E-state index in [2.05, 4.69) is 27.7 Å². The van der Waals surface area contributed by atoms with Crippen LogP contribution >= 0.6 is 0 Å². The molecule has 3 rings (SSSR count). The number of hydrogen-bond acceptors (Lipinski definition) is 23. The second-order valence-corrected chi connectivity index (χ2v) is 30.7. The Morgan fingerprint density at radius 3 is 0.866 bits per heavy atom. The molecule has 3 aromatic rings. The van der Waals surface area contributed by atoms with E-state index in [4.69, 9.17) is 78.3 Å². The third kappa shape index (κ3) is 94.9. The highest BCUT2D eigenvalue weighted by Crippen LogP contribution is 2.14. The number of carbonyl (C=O) groups is 7. The van der Waals surface area contributed by atoms with Crippen molar-refractivity contribution in [3.63, 3.8) is 0 Å². The van der Waals surface area contributed by atoms with E-state index in [-0.39, 0.29) is 62.6 Å². The summed E-state index contributed by atoms with van der Waals surface area (Å²) in [6.07, 6.45) is 23.1. The molecule has 0 atom stereocenters. The molecule has 0 saturated carbocycles. The highest BCUT2D eigenvalue weighted by molar-refractivity contribution is 5.71. The van der Waals surface area contributed by atoms with Crippen LogP contribution in [-0.2, 0) is 91.1 Å². The van der Waals surface area contributed by atoms with Crippen molar-refractivity contribution in [3.05, 3.63) is 108 Å². The Morgan fingerprint density at radius 2 is 0.597 bits per heavy atom. The molecule has 0 heterocycles. The van der Waals surface area contributed by atoms with Gasteiger partial charge in [-0.3, -0.25) is 14.4 Å². The number of rotatable bonds is 56. The molecule has 26 nitrogen and oxygen atoms in total. The number of carbonyl (C=O) groups excluding carboxylic acids is 7. The fraction of sp³-hybridized carbons (Fsp3) is 0.731. The van der Waals surface area contributed by atoms with Crippen LogP contribution in [0.2, 0.25) is 0 Å². The Kier molecular flexibility index (Phi) is 90.2. The van der Waals surface area contributed by atoms with Gasteiger partial charge in [0.05, 0.1) is 39.6 Å². The number of nitrogens with zero attached hydrogens (tertiary/aromatic N) is 3. The van der Waals surface area contributed by atoms with Crippen LogP contribution in [0.1, 0.15) is 288 Å². The summed E-state index contributed by atoms with van der Waals surface area (Å²) in [5.74, 6) is -0.564.